The number of rotatable bonds is 6. The van der Waals surface area contributed by atoms with Crippen LogP contribution in [0.5, 0.6) is 0 Å². The first kappa shape index (κ1) is 17.7. The molecular weight excluding hydrogens is 266 g/mol. The third-order valence-electron chi connectivity index (χ3n) is 3.06. The largest absolute Gasteiger partial charge is 0.393 e. The van der Waals surface area contributed by atoms with Crippen LogP contribution < -0.4 is 0 Å². The highest BCUT2D eigenvalue weighted by Gasteiger charge is 2.29. The molecule has 1 amide bonds. The van der Waals surface area contributed by atoms with Gasteiger partial charge in [0, 0.05) is 13.6 Å². The summed E-state index contributed by atoms with van der Waals surface area (Å²) in [6.07, 6.45) is -0.483. The number of aliphatic hydroxyl groups excluding tert-OH is 1. The fourth-order valence-corrected chi connectivity index (χ4v) is 1.93. The van der Waals surface area contributed by atoms with Crippen molar-refractivity contribution in [3.8, 4) is 0 Å². The first-order valence-electron chi connectivity index (χ1n) is 7.36. The van der Waals surface area contributed by atoms with Crippen LogP contribution in [0.2, 0.25) is 0 Å². The average molecular weight is 293 g/mol. The topological polar surface area (TPSA) is 49.8 Å². The quantitative estimate of drug-likeness (QED) is 0.877. The van der Waals surface area contributed by atoms with Crippen LogP contribution in [0.1, 0.15) is 45.8 Å². The van der Waals surface area contributed by atoms with Crippen molar-refractivity contribution in [2.24, 2.45) is 0 Å². The molecule has 0 saturated carbocycles. The zero-order valence-corrected chi connectivity index (χ0v) is 13.7. The third kappa shape index (κ3) is 6.27. The lowest BCUT2D eigenvalue weighted by atomic mass is 10.1. The lowest BCUT2D eigenvalue weighted by Crippen LogP contribution is -2.37. The maximum absolute atomic E-state index is 12.7. The summed E-state index contributed by atoms with van der Waals surface area (Å²) in [5.41, 5.74) is 0.433. The van der Waals surface area contributed by atoms with Crippen LogP contribution in [0.4, 0.5) is 0 Å². The van der Waals surface area contributed by atoms with Gasteiger partial charge in [0.25, 0.3) is 5.91 Å². The van der Waals surface area contributed by atoms with E-state index < -0.39 is 17.8 Å². The lowest BCUT2D eigenvalue weighted by molar-refractivity contribution is -0.153. The highest BCUT2D eigenvalue weighted by Crippen LogP contribution is 2.25. The summed E-state index contributed by atoms with van der Waals surface area (Å²) in [7, 11) is 1.74. The summed E-state index contributed by atoms with van der Waals surface area (Å²) in [6, 6.07) is 9.52. The van der Waals surface area contributed by atoms with Gasteiger partial charge in [0.2, 0.25) is 0 Å². The Hall–Kier alpha value is -1.39. The fraction of sp³-hybridized carbons (Fsp3) is 0.588. The Bertz CT molecular complexity index is 437. The number of carbonyl (C=O) groups excluding carboxylic acids is 1. The van der Waals surface area contributed by atoms with Crippen molar-refractivity contribution in [3.63, 3.8) is 0 Å². The number of amides is 1. The van der Waals surface area contributed by atoms with E-state index in [0.29, 0.717) is 13.0 Å². The number of ether oxygens (including phenoxy) is 1. The maximum Gasteiger partial charge on any atom is 0.256 e. The Kier molecular flexibility index (Phi) is 6.37. The van der Waals surface area contributed by atoms with E-state index in [1.807, 2.05) is 51.1 Å². The highest BCUT2D eigenvalue weighted by molar-refractivity contribution is 5.82. The number of hydrogen-bond donors (Lipinski definition) is 1. The Balaban J connectivity index is 2.88. The van der Waals surface area contributed by atoms with Gasteiger partial charge >= 0.3 is 0 Å². The third-order valence-corrected chi connectivity index (χ3v) is 3.06. The van der Waals surface area contributed by atoms with Crippen LogP contribution in [0.15, 0.2) is 30.3 Å². The van der Waals surface area contributed by atoms with E-state index in [-0.39, 0.29) is 5.91 Å². The molecule has 0 bridgehead atoms. The number of aliphatic hydroxyl groups is 1. The molecular formula is C17H27NO3. The minimum atomic E-state index is -0.620. The molecule has 0 aliphatic carbocycles. The van der Waals surface area contributed by atoms with Crippen molar-refractivity contribution in [2.45, 2.75) is 51.9 Å². The van der Waals surface area contributed by atoms with E-state index >= 15 is 0 Å². The second-order valence-corrected chi connectivity index (χ2v) is 6.42. The fourth-order valence-electron chi connectivity index (χ4n) is 1.93. The smallest absolute Gasteiger partial charge is 0.256 e. The van der Waals surface area contributed by atoms with E-state index in [9.17, 15) is 9.90 Å². The minimum Gasteiger partial charge on any atom is -0.393 e. The molecule has 118 valence electrons. The first-order chi connectivity index (χ1) is 9.70. The predicted molar refractivity (Wildman–Crippen MR) is 84.0 cm³/mol. The minimum absolute atomic E-state index is 0.0863. The SMILES string of the molecule is CC(O)CCN(C)C(=O)C(OC(C)(C)C)c1ccccc1. The van der Waals surface area contributed by atoms with Gasteiger partial charge in [0.1, 0.15) is 0 Å². The van der Waals surface area contributed by atoms with Gasteiger partial charge in [0.15, 0.2) is 6.10 Å². The van der Waals surface area contributed by atoms with Crippen molar-refractivity contribution >= 4 is 5.91 Å². The van der Waals surface area contributed by atoms with Gasteiger partial charge < -0.3 is 14.7 Å². The zero-order chi connectivity index (χ0) is 16.0. The van der Waals surface area contributed by atoms with Crippen molar-refractivity contribution in [3.05, 3.63) is 35.9 Å². The number of hydrogen-bond acceptors (Lipinski definition) is 3. The Morgan fingerprint density at radius 3 is 2.33 bits per heavy atom. The average Bonchev–Trinajstić information content (AvgIpc) is 2.41. The summed E-state index contributed by atoms with van der Waals surface area (Å²) in [5, 5.41) is 9.36. The normalized spacial score (nSPS) is 14.6. The molecule has 0 aliphatic heterocycles. The van der Waals surface area contributed by atoms with E-state index in [1.165, 1.54) is 0 Å². The van der Waals surface area contributed by atoms with Crippen molar-refractivity contribution in [2.75, 3.05) is 13.6 Å². The number of carbonyl (C=O) groups is 1. The van der Waals surface area contributed by atoms with Gasteiger partial charge in [0.05, 0.1) is 11.7 Å². The first-order valence-corrected chi connectivity index (χ1v) is 7.36. The van der Waals surface area contributed by atoms with Gasteiger partial charge in [-0.25, -0.2) is 0 Å². The van der Waals surface area contributed by atoms with Gasteiger partial charge in [-0.3, -0.25) is 4.79 Å². The Morgan fingerprint density at radius 1 is 1.29 bits per heavy atom. The van der Waals surface area contributed by atoms with E-state index in [1.54, 1.807) is 18.9 Å². The van der Waals surface area contributed by atoms with Crippen molar-refractivity contribution in [1.82, 2.24) is 4.90 Å². The lowest BCUT2D eigenvalue weighted by Gasteiger charge is -2.30. The zero-order valence-electron chi connectivity index (χ0n) is 13.7. The molecule has 1 rings (SSSR count). The van der Waals surface area contributed by atoms with Crippen LogP contribution >= 0.6 is 0 Å². The standard InChI is InChI=1S/C17H27NO3/c1-13(19)11-12-18(5)16(20)15(21-17(2,3)4)14-9-7-6-8-10-14/h6-10,13,15,19H,11-12H2,1-5H3. The summed E-state index contributed by atoms with van der Waals surface area (Å²) in [4.78, 5) is 14.3. The van der Waals surface area contributed by atoms with Gasteiger partial charge in [-0.15, -0.1) is 0 Å². The second kappa shape index (κ2) is 7.57. The number of benzene rings is 1. The molecule has 0 spiro atoms. The van der Waals surface area contributed by atoms with Crippen LogP contribution in [0, 0.1) is 0 Å². The monoisotopic (exact) mass is 293 g/mol. The molecule has 0 fully saturated rings. The molecule has 0 aromatic heterocycles. The highest BCUT2D eigenvalue weighted by atomic mass is 16.5. The van der Waals surface area contributed by atoms with E-state index in [0.717, 1.165) is 5.56 Å². The summed E-state index contributed by atoms with van der Waals surface area (Å²) >= 11 is 0. The van der Waals surface area contributed by atoms with Gasteiger partial charge in [-0.05, 0) is 39.7 Å². The predicted octanol–water partition coefficient (Wildman–Crippen LogP) is 2.77. The van der Waals surface area contributed by atoms with Gasteiger partial charge in [-0.2, -0.15) is 0 Å². The number of likely N-dealkylation sites (N-methyl/N-ethyl adjacent to an activating group) is 1. The molecule has 4 nitrogen and oxygen atoms in total. The molecule has 4 heteroatoms. The van der Waals surface area contributed by atoms with E-state index in [4.69, 9.17) is 4.74 Å². The van der Waals surface area contributed by atoms with Gasteiger partial charge in [-0.1, -0.05) is 30.3 Å². The maximum atomic E-state index is 12.7. The molecule has 21 heavy (non-hydrogen) atoms. The molecule has 0 aliphatic rings. The van der Waals surface area contributed by atoms with Crippen molar-refractivity contribution in [1.29, 1.82) is 0 Å². The van der Waals surface area contributed by atoms with E-state index in [2.05, 4.69) is 0 Å². The van der Waals surface area contributed by atoms with Crippen LogP contribution in [-0.4, -0.2) is 41.2 Å². The number of nitrogens with zero attached hydrogens (tertiary/aromatic N) is 1. The molecule has 2 atom stereocenters. The second-order valence-electron chi connectivity index (χ2n) is 6.42. The summed E-state index contributed by atoms with van der Waals surface area (Å²) in [6.45, 7) is 8.04. The molecule has 1 aromatic carbocycles. The Labute approximate surface area is 127 Å². The summed E-state index contributed by atoms with van der Waals surface area (Å²) < 4.78 is 5.96. The van der Waals surface area contributed by atoms with Crippen LogP contribution in [0.25, 0.3) is 0 Å². The molecule has 0 radical (unpaired) electrons. The van der Waals surface area contributed by atoms with Crippen LogP contribution in [0.3, 0.4) is 0 Å². The molecule has 0 saturated heterocycles. The van der Waals surface area contributed by atoms with Crippen molar-refractivity contribution < 1.29 is 14.6 Å². The summed E-state index contributed by atoms with van der Waals surface area (Å²) in [5.74, 6) is -0.0863. The molecule has 2 unspecified atom stereocenters. The molecule has 1 N–H and O–H groups in total. The Morgan fingerprint density at radius 2 is 1.86 bits per heavy atom. The van der Waals surface area contributed by atoms with Crippen LogP contribution in [-0.2, 0) is 9.53 Å². The molecule has 1 aromatic rings. The molecule has 0 heterocycles.